The molecule has 1 atom stereocenters. The van der Waals surface area contributed by atoms with Crippen LogP contribution in [0.2, 0.25) is 0 Å². The average molecular weight is 190 g/mol. The average Bonchev–Trinajstić information content (AvgIpc) is 1.85. The quantitative estimate of drug-likeness (QED) is 0.628. The van der Waals surface area contributed by atoms with E-state index in [0.717, 1.165) is 0 Å². The van der Waals surface area contributed by atoms with E-state index in [-0.39, 0.29) is 29.9 Å². The topological polar surface area (TPSA) is 66.5 Å². The summed E-state index contributed by atoms with van der Waals surface area (Å²) in [7, 11) is 0. The maximum Gasteiger partial charge on any atom is 0.124 e. The van der Waals surface area contributed by atoms with Gasteiger partial charge >= 0.3 is 0 Å². The van der Waals surface area contributed by atoms with Crippen molar-refractivity contribution in [2.75, 3.05) is 0 Å². The van der Waals surface area contributed by atoms with Gasteiger partial charge in [-0.1, -0.05) is 6.07 Å². The molecule has 0 spiro atoms. The molecule has 0 saturated heterocycles. The van der Waals surface area contributed by atoms with E-state index < -0.39 is 0 Å². The van der Waals surface area contributed by atoms with Crippen molar-refractivity contribution in [3.63, 3.8) is 0 Å². The largest absolute Gasteiger partial charge is 0.508 e. The second-order valence-electron chi connectivity index (χ2n) is 2.53. The Labute approximate surface area is 77.2 Å². The fourth-order valence-corrected chi connectivity index (χ4v) is 0.917. The summed E-state index contributed by atoms with van der Waals surface area (Å²) in [6.45, 7) is 1.77. The van der Waals surface area contributed by atoms with E-state index in [1.807, 2.05) is 0 Å². The Morgan fingerprint density at radius 1 is 1.33 bits per heavy atom. The first-order chi connectivity index (χ1) is 5.11. The summed E-state index contributed by atoms with van der Waals surface area (Å²) in [6, 6.07) is 4.17. The van der Waals surface area contributed by atoms with Crippen molar-refractivity contribution in [3.8, 4) is 11.5 Å². The number of halogens is 1. The van der Waals surface area contributed by atoms with Crippen molar-refractivity contribution in [2.45, 2.75) is 13.0 Å². The van der Waals surface area contributed by atoms with Crippen molar-refractivity contribution < 1.29 is 10.2 Å². The van der Waals surface area contributed by atoms with Crippen molar-refractivity contribution in [1.82, 2.24) is 0 Å². The first kappa shape index (κ1) is 11.1. The van der Waals surface area contributed by atoms with Crippen LogP contribution in [0.5, 0.6) is 11.5 Å². The number of aromatic hydroxyl groups is 2. The summed E-state index contributed by atoms with van der Waals surface area (Å²) < 4.78 is 0. The van der Waals surface area contributed by atoms with Gasteiger partial charge in [-0.2, -0.15) is 0 Å². The van der Waals surface area contributed by atoms with Gasteiger partial charge in [0.1, 0.15) is 11.5 Å². The first-order valence-electron chi connectivity index (χ1n) is 3.38. The van der Waals surface area contributed by atoms with E-state index >= 15 is 0 Å². The second-order valence-corrected chi connectivity index (χ2v) is 2.53. The monoisotopic (exact) mass is 189 g/mol. The Kier molecular flexibility index (Phi) is 3.86. The summed E-state index contributed by atoms with van der Waals surface area (Å²) in [5, 5.41) is 18.1. The molecule has 4 heteroatoms. The molecule has 0 bridgehead atoms. The van der Waals surface area contributed by atoms with Gasteiger partial charge in [0.15, 0.2) is 0 Å². The van der Waals surface area contributed by atoms with E-state index in [2.05, 4.69) is 0 Å². The van der Waals surface area contributed by atoms with Gasteiger partial charge < -0.3 is 15.9 Å². The van der Waals surface area contributed by atoms with Crippen molar-refractivity contribution in [3.05, 3.63) is 23.8 Å². The fraction of sp³-hybridized carbons (Fsp3) is 0.250. The van der Waals surface area contributed by atoms with E-state index in [0.29, 0.717) is 5.56 Å². The van der Waals surface area contributed by atoms with Crippen molar-refractivity contribution in [1.29, 1.82) is 0 Å². The second kappa shape index (κ2) is 4.18. The van der Waals surface area contributed by atoms with Gasteiger partial charge in [-0.25, -0.2) is 0 Å². The highest BCUT2D eigenvalue weighted by atomic mass is 35.5. The molecule has 12 heavy (non-hydrogen) atoms. The van der Waals surface area contributed by atoms with Crippen LogP contribution < -0.4 is 5.73 Å². The van der Waals surface area contributed by atoms with E-state index in [1.54, 1.807) is 13.0 Å². The highest BCUT2D eigenvalue weighted by Gasteiger charge is 2.05. The highest BCUT2D eigenvalue weighted by Crippen LogP contribution is 2.26. The summed E-state index contributed by atoms with van der Waals surface area (Å²) in [6.07, 6.45) is 0. The van der Waals surface area contributed by atoms with Gasteiger partial charge in [-0.05, 0) is 13.0 Å². The summed E-state index contributed by atoms with van der Waals surface area (Å²) in [5.41, 5.74) is 6.16. The Morgan fingerprint density at radius 2 is 1.92 bits per heavy atom. The molecule has 0 fully saturated rings. The zero-order valence-corrected chi connectivity index (χ0v) is 7.51. The molecule has 0 aliphatic heterocycles. The molecule has 0 amide bonds. The Balaban J connectivity index is 0.00000121. The van der Waals surface area contributed by atoms with Gasteiger partial charge in [0.25, 0.3) is 0 Å². The molecule has 1 aromatic rings. The standard InChI is InChI=1S/C8H11NO2.ClH/c1-5(9)7-3-2-6(10)4-8(7)11;/h2-5,10-11H,9H2,1H3;1H/t5-;/m0./s1. The molecule has 1 rings (SSSR count). The predicted octanol–water partition coefficient (Wildman–Crippen LogP) is 1.54. The lowest BCUT2D eigenvalue weighted by atomic mass is 10.1. The lowest BCUT2D eigenvalue weighted by molar-refractivity contribution is 0.443. The lowest BCUT2D eigenvalue weighted by Gasteiger charge is -2.07. The van der Waals surface area contributed by atoms with E-state index in [9.17, 15) is 5.11 Å². The third-order valence-electron chi connectivity index (χ3n) is 1.50. The molecule has 0 aliphatic rings. The normalized spacial score (nSPS) is 11.8. The SMILES string of the molecule is C[C@H](N)c1ccc(O)cc1O.Cl. The maximum atomic E-state index is 9.22. The number of phenols is 2. The third kappa shape index (κ3) is 2.29. The van der Waals surface area contributed by atoms with Gasteiger partial charge in [0, 0.05) is 17.7 Å². The van der Waals surface area contributed by atoms with Crippen molar-refractivity contribution in [2.24, 2.45) is 5.73 Å². The summed E-state index contributed by atoms with van der Waals surface area (Å²) >= 11 is 0. The molecule has 1 aromatic carbocycles. The molecule has 0 heterocycles. The van der Waals surface area contributed by atoms with Crippen LogP contribution in [0, 0.1) is 0 Å². The van der Waals surface area contributed by atoms with Crippen LogP contribution in [0.25, 0.3) is 0 Å². The van der Waals surface area contributed by atoms with Crippen LogP contribution in [0.3, 0.4) is 0 Å². The minimum atomic E-state index is -0.212. The van der Waals surface area contributed by atoms with Gasteiger partial charge in [0.05, 0.1) is 0 Å². The summed E-state index contributed by atoms with van der Waals surface area (Å²) in [5.74, 6) is 0.0897. The Morgan fingerprint density at radius 3 is 2.33 bits per heavy atom. The molecule has 0 aliphatic carbocycles. The molecule has 0 saturated carbocycles. The van der Waals surface area contributed by atoms with Crippen molar-refractivity contribution >= 4 is 12.4 Å². The highest BCUT2D eigenvalue weighted by molar-refractivity contribution is 5.85. The zero-order chi connectivity index (χ0) is 8.43. The van der Waals surface area contributed by atoms with Gasteiger partial charge in [0.2, 0.25) is 0 Å². The van der Waals surface area contributed by atoms with Crippen LogP contribution in [0.15, 0.2) is 18.2 Å². The van der Waals surface area contributed by atoms with E-state index in [4.69, 9.17) is 10.8 Å². The molecule has 0 radical (unpaired) electrons. The first-order valence-corrected chi connectivity index (χ1v) is 3.38. The van der Waals surface area contributed by atoms with Crippen LogP contribution in [-0.4, -0.2) is 10.2 Å². The molecular formula is C8H12ClNO2. The number of benzene rings is 1. The molecule has 0 aromatic heterocycles. The van der Waals surface area contributed by atoms with Crippen LogP contribution in [-0.2, 0) is 0 Å². The molecule has 3 nitrogen and oxygen atoms in total. The Hall–Kier alpha value is -0.930. The molecule has 4 N–H and O–H groups in total. The van der Waals surface area contributed by atoms with Crippen LogP contribution in [0.1, 0.15) is 18.5 Å². The smallest absolute Gasteiger partial charge is 0.124 e. The number of hydrogen-bond acceptors (Lipinski definition) is 3. The number of hydrogen-bond donors (Lipinski definition) is 3. The zero-order valence-electron chi connectivity index (χ0n) is 6.69. The van der Waals surface area contributed by atoms with Crippen LogP contribution in [0.4, 0.5) is 0 Å². The minimum absolute atomic E-state index is 0. The Bertz CT molecular complexity index is 263. The molecular weight excluding hydrogens is 178 g/mol. The number of rotatable bonds is 1. The fourth-order valence-electron chi connectivity index (χ4n) is 0.917. The number of phenolic OH excluding ortho intramolecular Hbond substituents is 2. The third-order valence-corrected chi connectivity index (χ3v) is 1.50. The van der Waals surface area contributed by atoms with Crippen LogP contribution >= 0.6 is 12.4 Å². The molecule has 68 valence electrons. The van der Waals surface area contributed by atoms with Gasteiger partial charge in [-0.15, -0.1) is 12.4 Å². The molecule has 0 unspecified atom stereocenters. The number of nitrogens with two attached hydrogens (primary N) is 1. The van der Waals surface area contributed by atoms with E-state index in [1.165, 1.54) is 12.1 Å². The predicted molar refractivity (Wildman–Crippen MR) is 49.6 cm³/mol. The minimum Gasteiger partial charge on any atom is -0.508 e. The lowest BCUT2D eigenvalue weighted by Crippen LogP contribution is -2.04. The van der Waals surface area contributed by atoms with Gasteiger partial charge in [-0.3, -0.25) is 0 Å². The maximum absolute atomic E-state index is 9.22. The summed E-state index contributed by atoms with van der Waals surface area (Å²) in [4.78, 5) is 0.